The molecule has 1 aromatic rings. The molecule has 1 rings (SSSR count). The number of hydrogen-bond acceptors (Lipinski definition) is 3. The summed E-state index contributed by atoms with van der Waals surface area (Å²) in [6.07, 6.45) is 1.24. The molecule has 0 bridgehead atoms. The number of hydrogen-bond donors (Lipinski definition) is 1. The third-order valence-corrected chi connectivity index (χ3v) is 2.52. The van der Waals surface area contributed by atoms with Crippen molar-refractivity contribution in [2.24, 2.45) is 4.99 Å². The van der Waals surface area contributed by atoms with Gasteiger partial charge in [0.25, 0.3) is 0 Å². The van der Waals surface area contributed by atoms with Crippen LogP contribution in [0, 0.1) is 0 Å². The Kier molecular flexibility index (Phi) is 4.17. The van der Waals surface area contributed by atoms with Crippen molar-refractivity contribution in [3.8, 4) is 0 Å². The lowest BCUT2D eigenvalue weighted by Gasteiger charge is -2.03. The molecule has 0 radical (unpaired) electrons. The normalized spacial score (nSPS) is 11.4. The van der Waals surface area contributed by atoms with Crippen molar-refractivity contribution >= 4 is 33.6 Å². The predicted octanol–water partition coefficient (Wildman–Crippen LogP) is 2.60. The fourth-order valence-electron chi connectivity index (χ4n) is 1.17. The Hall–Kier alpha value is -1.71. The second-order valence-corrected chi connectivity index (χ2v) is 3.90. The topological polar surface area (TPSA) is 66.7 Å². The summed E-state index contributed by atoms with van der Waals surface area (Å²) in [6, 6.07) is 7.04. The van der Waals surface area contributed by atoms with E-state index < -0.39 is 5.97 Å². The molecule has 0 saturated heterocycles. The molecule has 0 spiro atoms. The summed E-state index contributed by atoms with van der Waals surface area (Å²) in [5.74, 6) is -1.25. The van der Waals surface area contributed by atoms with Gasteiger partial charge in [-0.15, -0.1) is 0 Å². The van der Waals surface area contributed by atoms with Crippen LogP contribution in [-0.4, -0.2) is 17.2 Å². The van der Waals surface area contributed by atoms with Gasteiger partial charge < -0.3 is 5.11 Å². The lowest BCUT2D eigenvalue weighted by molar-refractivity contribution is -0.132. The Balaban J connectivity index is 3.29. The van der Waals surface area contributed by atoms with Gasteiger partial charge in [-0.25, -0.2) is 9.59 Å². The summed E-state index contributed by atoms with van der Waals surface area (Å²) in [6.45, 7) is 1.59. The van der Waals surface area contributed by atoms with E-state index in [1.165, 1.54) is 6.08 Å². The summed E-state index contributed by atoms with van der Waals surface area (Å²) in [7, 11) is 0. The van der Waals surface area contributed by atoms with Gasteiger partial charge in [0, 0.05) is 4.47 Å². The fraction of sp³-hybridized carbons (Fsp3) is 0.0909. The molecule has 0 fully saturated rings. The molecule has 0 heterocycles. The van der Waals surface area contributed by atoms with Gasteiger partial charge in [0.05, 0.1) is 0 Å². The van der Waals surface area contributed by atoms with Crippen molar-refractivity contribution in [2.75, 3.05) is 0 Å². The van der Waals surface area contributed by atoms with Crippen LogP contribution in [0.25, 0.3) is 5.57 Å². The average Bonchev–Trinajstić information content (AvgIpc) is 2.25. The minimum Gasteiger partial charge on any atom is -0.476 e. The highest BCUT2D eigenvalue weighted by atomic mass is 79.9. The molecule has 16 heavy (non-hydrogen) atoms. The number of carbonyl (C=O) groups is 1. The van der Waals surface area contributed by atoms with Crippen molar-refractivity contribution in [1.29, 1.82) is 0 Å². The minimum absolute atomic E-state index is 0.294. The van der Waals surface area contributed by atoms with Gasteiger partial charge in [0.2, 0.25) is 6.08 Å². The molecule has 0 saturated carbocycles. The molecule has 0 amide bonds. The second-order valence-electron chi connectivity index (χ2n) is 2.99. The van der Waals surface area contributed by atoms with Crippen LogP contribution in [0.15, 0.2) is 39.4 Å². The zero-order valence-corrected chi connectivity index (χ0v) is 9.98. The molecule has 0 aromatic heterocycles. The number of nitrogens with zero attached hydrogens (tertiary/aromatic N) is 1. The SMILES string of the molecule is C/C(=C(/N=C=O)C(=O)O)c1ccc(Br)cc1. The third kappa shape index (κ3) is 2.89. The van der Waals surface area contributed by atoms with E-state index in [4.69, 9.17) is 5.11 Å². The van der Waals surface area contributed by atoms with Gasteiger partial charge >= 0.3 is 5.97 Å². The van der Waals surface area contributed by atoms with Gasteiger partial charge in [-0.1, -0.05) is 28.1 Å². The Morgan fingerprint density at radius 2 is 1.94 bits per heavy atom. The molecule has 0 unspecified atom stereocenters. The van der Waals surface area contributed by atoms with E-state index in [-0.39, 0.29) is 5.70 Å². The van der Waals surface area contributed by atoms with E-state index in [0.29, 0.717) is 11.1 Å². The first-order valence-corrected chi connectivity index (χ1v) is 5.13. The number of aliphatic imine (C=N–C) groups is 1. The van der Waals surface area contributed by atoms with Crippen LogP contribution in [0.3, 0.4) is 0 Å². The highest BCUT2D eigenvalue weighted by Crippen LogP contribution is 2.21. The lowest BCUT2D eigenvalue weighted by atomic mass is 10.1. The van der Waals surface area contributed by atoms with Crippen LogP contribution in [-0.2, 0) is 9.59 Å². The maximum Gasteiger partial charge on any atom is 0.355 e. The fourth-order valence-corrected chi connectivity index (χ4v) is 1.44. The number of isocyanates is 1. The number of carbonyl (C=O) groups excluding carboxylic acids is 1. The molecule has 0 aliphatic heterocycles. The molecule has 0 aliphatic carbocycles. The standard InChI is InChI=1S/C11H8BrNO3/c1-7(10(11(15)16)13-6-14)8-2-4-9(12)5-3-8/h2-5H,1H3,(H,15,16)/b10-7-. The van der Waals surface area contributed by atoms with Crippen LogP contribution in [0.4, 0.5) is 0 Å². The highest BCUT2D eigenvalue weighted by molar-refractivity contribution is 9.10. The molecular formula is C11H8BrNO3. The largest absolute Gasteiger partial charge is 0.476 e. The molecule has 4 nitrogen and oxygen atoms in total. The van der Waals surface area contributed by atoms with Crippen LogP contribution < -0.4 is 0 Å². The van der Waals surface area contributed by atoms with E-state index >= 15 is 0 Å². The van der Waals surface area contributed by atoms with E-state index in [1.807, 2.05) is 0 Å². The van der Waals surface area contributed by atoms with Gasteiger partial charge in [-0.05, 0) is 30.2 Å². The van der Waals surface area contributed by atoms with Crippen molar-refractivity contribution < 1.29 is 14.7 Å². The molecule has 0 aliphatic rings. The summed E-state index contributed by atoms with van der Waals surface area (Å²) >= 11 is 3.27. The smallest absolute Gasteiger partial charge is 0.355 e. The van der Waals surface area contributed by atoms with E-state index in [2.05, 4.69) is 20.9 Å². The molecule has 82 valence electrons. The number of benzene rings is 1. The van der Waals surface area contributed by atoms with Gasteiger partial charge in [-0.2, -0.15) is 4.99 Å². The predicted molar refractivity (Wildman–Crippen MR) is 62.5 cm³/mol. The molecule has 1 aromatic carbocycles. The highest BCUT2D eigenvalue weighted by Gasteiger charge is 2.11. The van der Waals surface area contributed by atoms with Crippen molar-refractivity contribution in [1.82, 2.24) is 0 Å². The zero-order chi connectivity index (χ0) is 12.1. The van der Waals surface area contributed by atoms with Gasteiger partial charge in [0.1, 0.15) is 0 Å². The zero-order valence-electron chi connectivity index (χ0n) is 8.40. The van der Waals surface area contributed by atoms with Crippen LogP contribution in [0.1, 0.15) is 12.5 Å². The van der Waals surface area contributed by atoms with Crippen molar-refractivity contribution in [2.45, 2.75) is 6.92 Å². The molecular weight excluding hydrogens is 274 g/mol. The first-order chi connectivity index (χ1) is 7.56. The minimum atomic E-state index is -1.25. The van der Waals surface area contributed by atoms with Crippen molar-refractivity contribution in [3.63, 3.8) is 0 Å². The van der Waals surface area contributed by atoms with Crippen LogP contribution >= 0.6 is 15.9 Å². The third-order valence-electron chi connectivity index (χ3n) is 1.99. The quantitative estimate of drug-likeness (QED) is 0.526. The number of allylic oxidation sites excluding steroid dienone is 1. The Labute approximate surface area is 100 Å². The Morgan fingerprint density at radius 3 is 2.38 bits per heavy atom. The first-order valence-electron chi connectivity index (χ1n) is 4.34. The molecule has 0 atom stereocenters. The molecule has 5 heteroatoms. The summed E-state index contributed by atoms with van der Waals surface area (Å²) in [4.78, 5) is 24.1. The number of carboxylic acids is 1. The van der Waals surface area contributed by atoms with Gasteiger partial charge in [0.15, 0.2) is 5.70 Å². The van der Waals surface area contributed by atoms with Gasteiger partial charge in [-0.3, -0.25) is 0 Å². The first kappa shape index (κ1) is 12.4. The van der Waals surface area contributed by atoms with E-state index in [9.17, 15) is 9.59 Å². The van der Waals surface area contributed by atoms with Crippen molar-refractivity contribution in [3.05, 3.63) is 40.0 Å². The Morgan fingerprint density at radius 1 is 1.38 bits per heavy atom. The Bertz CT molecular complexity index is 480. The number of carboxylic acid groups (broad SMARTS) is 1. The number of halogens is 1. The summed E-state index contributed by atoms with van der Waals surface area (Å²) in [5, 5.41) is 8.85. The second kappa shape index (κ2) is 5.39. The monoisotopic (exact) mass is 281 g/mol. The average molecular weight is 282 g/mol. The van der Waals surface area contributed by atoms with E-state index in [0.717, 1.165) is 4.47 Å². The maximum absolute atomic E-state index is 10.8. The van der Waals surface area contributed by atoms with Crippen LogP contribution in [0.5, 0.6) is 0 Å². The van der Waals surface area contributed by atoms with E-state index in [1.54, 1.807) is 31.2 Å². The number of rotatable bonds is 3. The lowest BCUT2D eigenvalue weighted by Crippen LogP contribution is -2.00. The number of aliphatic carboxylic acids is 1. The van der Waals surface area contributed by atoms with Crippen LogP contribution in [0.2, 0.25) is 0 Å². The summed E-state index contributed by atoms with van der Waals surface area (Å²) in [5.41, 5.74) is 0.820. The summed E-state index contributed by atoms with van der Waals surface area (Å²) < 4.78 is 0.889. The molecule has 1 N–H and O–H groups in total. The maximum atomic E-state index is 10.8.